The molecule has 2 aromatic carbocycles. The maximum absolute atomic E-state index is 12.5. The zero-order chi connectivity index (χ0) is 24.9. The van der Waals surface area contributed by atoms with Crippen molar-refractivity contribution < 1.29 is 4.79 Å². The number of anilines is 1. The molecule has 1 atom stereocenters. The first-order valence-electron chi connectivity index (χ1n) is 11.7. The van der Waals surface area contributed by atoms with E-state index >= 15 is 0 Å². The van der Waals surface area contributed by atoms with Crippen molar-refractivity contribution in [1.82, 2.24) is 9.97 Å². The van der Waals surface area contributed by atoms with Crippen molar-refractivity contribution in [3.63, 3.8) is 0 Å². The van der Waals surface area contributed by atoms with Crippen LogP contribution in [0.25, 0.3) is 11.3 Å². The zero-order valence-corrected chi connectivity index (χ0v) is 21.8. The number of nitrogens with one attached hydrogen (secondary N) is 1. The first-order valence-corrected chi connectivity index (χ1v) is 14.0. The monoisotopic (exact) mass is 530 g/mol. The van der Waals surface area contributed by atoms with E-state index in [2.05, 4.69) is 40.6 Å². The molecule has 0 aliphatic heterocycles. The van der Waals surface area contributed by atoms with Crippen molar-refractivity contribution in [3.05, 3.63) is 93.5 Å². The van der Waals surface area contributed by atoms with E-state index in [9.17, 15) is 10.1 Å². The topological polar surface area (TPSA) is 78.7 Å². The van der Waals surface area contributed by atoms with Crippen LogP contribution in [0, 0.1) is 11.3 Å². The van der Waals surface area contributed by atoms with E-state index in [1.165, 1.54) is 28.7 Å². The summed E-state index contributed by atoms with van der Waals surface area (Å²) in [6, 6.07) is 22.3. The lowest BCUT2D eigenvalue weighted by Crippen LogP contribution is -2.15. The van der Waals surface area contributed by atoms with E-state index in [0.29, 0.717) is 38.8 Å². The Labute approximate surface area is 223 Å². The maximum atomic E-state index is 12.5. The summed E-state index contributed by atoms with van der Waals surface area (Å²) in [6.07, 6.45) is 3.16. The molecule has 2 heterocycles. The molecule has 0 bridgehead atoms. The van der Waals surface area contributed by atoms with Gasteiger partial charge in [0.05, 0.1) is 11.3 Å². The number of thioether (sulfide) groups is 1. The van der Waals surface area contributed by atoms with Gasteiger partial charge in [-0.15, -0.1) is 23.1 Å². The van der Waals surface area contributed by atoms with E-state index < -0.39 is 0 Å². The predicted molar refractivity (Wildman–Crippen MR) is 147 cm³/mol. The summed E-state index contributed by atoms with van der Waals surface area (Å²) in [6.45, 7) is 0. The highest BCUT2D eigenvalue weighted by atomic mass is 35.5. The number of hydrogen-bond donors (Lipinski definition) is 1. The van der Waals surface area contributed by atoms with Gasteiger partial charge in [-0.05, 0) is 54.5 Å². The van der Waals surface area contributed by atoms with Crippen LogP contribution in [0.2, 0.25) is 5.02 Å². The number of nitriles is 1. The van der Waals surface area contributed by atoms with Gasteiger partial charge in [0.2, 0.25) is 5.91 Å². The van der Waals surface area contributed by atoms with Crippen molar-refractivity contribution in [2.24, 2.45) is 0 Å². The molecule has 1 aliphatic carbocycles. The van der Waals surface area contributed by atoms with Gasteiger partial charge in [-0.3, -0.25) is 4.79 Å². The van der Waals surface area contributed by atoms with Crippen molar-refractivity contribution >= 4 is 45.7 Å². The minimum Gasteiger partial charge on any atom is -0.302 e. The molecule has 36 heavy (non-hydrogen) atoms. The number of amides is 1. The number of halogens is 1. The Balaban J connectivity index is 1.17. The molecule has 8 heteroatoms. The van der Waals surface area contributed by atoms with Crippen molar-refractivity contribution in [2.75, 3.05) is 11.1 Å². The third-order valence-corrected chi connectivity index (χ3v) is 8.20. The molecule has 0 fully saturated rings. The Morgan fingerprint density at radius 1 is 1.17 bits per heavy atom. The highest BCUT2D eigenvalue weighted by Gasteiger charge is 2.23. The maximum Gasteiger partial charge on any atom is 0.226 e. The molecule has 180 valence electrons. The lowest BCUT2D eigenvalue weighted by atomic mass is 9.82. The smallest absolute Gasteiger partial charge is 0.226 e. The van der Waals surface area contributed by atoms with Gasteiger partial charge in [0.25, 0.3) is 0 Å². The second-order valence-electron chi connectivity index (χ2n) is 8.60. The lowest BCUT2D eigenvalue weighted by Gasteiger charge is -2.25. The lowest BCUT2D eigenvalue weighted by molar-refractivity contribution is -0.115. The van der Waals surface area contributed by atoms with Crippen LogP contribution in [-0.4, -0.2) is 21.6 Å². The summed E-state index contributed by atoms with van der Waals surface area (Å²) in [7, 11) is 0. The van der Waals surface area contributed by atoms with Gasteiger partial charge < -0.3 is 5.32 Å². The van der Waals surface area contributed by atoms with Gasteiger partial charge in [0.15, 0.2) is 5.13 Å². The van der Waals surface area contributed by atoms with Crippen molar-refractivity contribution in [1.29, 1.82) is 5.26 Å². The van der Waals surface area contributed by atoms with Crippen LogP contribution in [0.15, 0.2) is 71.1 Å². The molecule has 0 radical (unpaired) electrons. The quantitative estimate of drug-likeness (QED) is 0.257. The number of rotatable bonds is 7. The van der Waals surface area contributed by atoms with Gasteiger partial charge in [-0.1, -0.05) is 54.1 Å². The van der Waals surface area contributed by atoms with Crippen LogP contribution in [0.3, 0.4) is 0 Å². The number of nitrogens with zero attached hydrogens (tertiary/aromatic N) is 3. The summed E-state index contributed by atoms with van der Waals surface area (Å²) in [5, 5.41) is 16.4. The van der Waals surface area contributed by atoms with Gasteiger partial charge in [-0.2, -0.15) is 5.26 Å². The van der Waals surface area contributed by atoms with Gasteiger partial charge in [0, 0.05) is 33.8 Å². The standard InChI is InChI=1S/C28H23ClN4OS2/c29-23-9-6-19(7-10-23)25-17-36-28(32-25)33-26(34)12-13-35-27-22(16-30)15-21-14-20(8-11-24(21)31-27)18-4-2-1-3-5-18/h1-7,9-10,15,17,20H,8,11-14H2,(H,32,33,34). The largest absolute Gasteiger partial charge is 0.302 e. The van der Waals surface area contributed by atoms with Gasteiger partial charge in [-0.25, -0.2) is 9.97 Å². The number of carbonyl (C=O) groups is 1. The number of pyridine rings is 1. The first kappa shape index (κ1) is 24.5. The van der Waals surface area contributed by atoms with Crippen molar-refractivity contribution in [3.8, 4) is 17.3 Å². The number of carbonyl (C=O) groups excluding carboxylic acids is 1. The van der Waals surface area contributed by atoms with Crippen LogP contribution >= 0.6 is 34.7 Å². The Hall–Kier alpha value is -3.18. The normalized spacial score (nSPS) is 14.6. The Kier molecular flexibility index (Phi) is 7.66. The summed E-state index contributed by atoms with van der Waals surface area (Å²) >= 11 is 8.80. The van der Waals surface area contributed by atoms with Gasteiger partial charge >= 0.3 is 0 Å². The molecule has 2 aromatic heterocycles. The second kappa shape index (κ2) is 11.3. The first-order chi connectivity index (χ1) is 17.6. The fourth-order valence-corrected chi connectivity index (χ4v) is 6.13. The molecule has 1 unspecified atom stereocenters. The number of thiazole rings is 1. The molecule has 5 nitrogen and oxygen atoms in total. The Morgan fingerprint density at radius 3 is 2.75 bits per heavy atom. The third kappa shape index (κ3) is 5.79. The molecule has 1 aliphatic rings. The van der Waals surface area contributed by atoms with Crippen LogP contribution in [0.4, 0.5) is 5.13 Å². The van der Waals surface area contributed by atoms with Gasteiger partial charge in [0.1, 0.15) is 11.1 Å². The zero-order valence-electron chi connectivity index (χ0n) is 19.4. The minimum atomic E-state index is -0.110. The number of fused-ring (bicyclic) bond motifs is 1. The fraction of sp³-hybridized carbons (Fsp3) is 0.214. The molecule has 5 rings (SSSR count). The summed E-state index contributed by atoms with van der Waals surface area (Å²) < 4.78 is 0. The Bertz CT molecular complexity index is 1410. The predicted octanol–water partition coefficient (Wildman–Crippen LogP) is 7.12. The SMILES string of the molecule is N#Cc1cc2c(nc1SCCC(=O)Nc1nc(-c3ccc(Cl)cc3)cs1)CCC(c1ccccc1)C2. The van der Waals surface area contributed by atoms with E-state index in [1.807, 2.05) is 41.8 Å². The summed E-state index contributed by atoms with van der Waals surface area (Å²) in [5.41, 5.74) is 5.91. The summed E-state index contributed by atoms with van der Waals surface area (Å²) in [5.74, 6) is 0.885. The third-order valence-electron chi connectivity index (χ3n) is 6.20. The van der Waals surface area contributed by atoms with Crippen LogP contribution in [0.1, 0.15) is 41.1 Å². The molecule has 4 aromatic rings. The average Bonchev–Trinajstić information content (AvgIpc) is 3.37. The molecule has 0 saturated heterocycles. The number of aryl methyl sites for hydroxylation is 1. The van der Waals surface area contributed by atoms with Crippen LogP contribution < -0.4 is 5.32 Å². The number of hydrogen-bond acceptors (Lipinski definition) is 6. The van der Waals surface area contributed by atoms with E-state index in [1.54, 1.807) is 0 Å². The van der Waals surface area contributed by atoms with Crippen LogP contribution in [-0.2, 0) is 17.6 Å². The summed E-state index contributed by atoms with van der Waals surface area (Å²) in [4.78, 5) is 21.8. The van der Waals surface area contributed by atoms with E-state index in [4.69, 9.17) is 16.6 Å². The molecule has 1 amide bonds. The molecular formula is C28H23ClN4OS2. The second-order valence-corrected chi connectivity index (χ2v) is 11.0. The number of aromatic nitrogens is 2. The highest BCUT2D eigenvalue weighted by Crippen LogP contribution is 2.34. The highest BCUT2D eigenvalue weighted by molar-refractivity contribution is 7.99. The molecular weight excluding hydrogens is 508 g/mol. The van der Waals surface area contributed by atoms with E-state index in [-0.39, 0.29) is 5.91 Å². The van der Waals surface area contributed by atoms with E-state index in [0.717, 1.165) is 41.8 Å². The fourth-order valence-electron chi connectivity index (χ4n) is 4.35. The average molecular weight is 531 g/mol. The van der Waals surface area contributed by atoms with Crippen molar-refractivity contribution in [2.45, 2.75) is 36.6 Å². The molecule has 0 saturated carbocycles. The minimum absolute atomic E-state index is 0.110. The number of benzene rings is 2. The Morgan fingerprint density at radius 2 is 1.97 bits per heavy atom. The molecule has 0 spiro atoms. The molecule has 1 N–H and O–H groups in total. The van der Waals surface area contributed by atoms with Crippen LogP contribution in [0.5, 0.6) is 0 Å².